The lowest BCUT2D eigenvalue weighted by atomic mass is 10.2. The Bertz CT molecular complexity index is 569. The molecule has 3 N–H and O–H groups in total. The second-order valence-electron chi connectivity index (χ2n) is 3.54. The number of nitrogens with one attached hydrogen (secondary N) is 1. The molecule has 0 spiro atoms. The van der Waals surface area contributed by atoms with Gasteiger partial charge in [-0.25, -0.2) is 4.99 Å². The van der Waals surface area contributed by atoms with Crippen LogP contribution in [0.15, 0.2) is 11.1 Å². The van der Waals surface area contributed by atoms with Gasteiger partial charge in [0, 0.05) is 20.2 Å². The molecule has 1 heterocycles. The van der Waals surface area contributed by atoms with E-state index in [1.807, 2.05) is 6.07 Å². The van der Waals surface area contributed by atoms with Gasteiger partial charge in [-0.05, 0) is 6.92 Å². The van der Waals surface area contributed by atoms with Crippen LogP contribution in [0, 0.1) is 22.7 Å². The van der Waals surface area contributed by atoms with Gasteiger partial charge in [0.2, 0.25) is 0 Å². The second kappa shape index (κ2) is 5.04. The molecule has 0 fully saturated rings. The third-order valence-corrected chi connectivity index (χ3v) is 2.37. The number of hydrogen-bond donors (Lipinski definition) is 2. The molecule has 1 unspecified atom stereocenters. The average Bonchev–Trinajstić information content (AvgIpc) is 2.34. The Labute approximate surface area is 99.6 Å². The first-order chi connectivity index (χ1) is 8.04. The zero-order valence-corrected chi connectivity index (χ0v) is 10.0. The second-order valence-corrected chi connectivity index (χ2v) is 3.54. The summed E-state index contributed by atoms with van der Waals surface area (Å²) in [5, 5.41) is 20.8. The Hall–Kier alpha value is -2.47. The number of aromatic nitrogens is 1. The minimum Gasteiger partial charge on any atom is -0.387 e. The van der Waals surface area contributed by atoms with Crippen molar-refractivity contribution in [1.29, 1.82) is 10.5 Å². The highest BCUT2D eigenvalue weighted by Gasteiger charge is 2.09. The maximum atomic E-state index is 9.14. The number of anilines is 2. The van der Waals surface area contributed by atoms with Gasteiger partial charge in [-0.3, -0.25) is 0 Å². The van der Waals surface area contributed by atoms with E-state index in [1.54, 1.807) is 31.7 Å². The number of nitrogens with two attached hydrogens (primary N) is 1. The topological polar surface area (TPSA) is 103 Å². The molecule has 1 aromatic heterocycles. The summed E-state index contributed by atoms with van der Waals surface area (Å²) in [5.74, 6) is 0.470. The van der Waals surface area contributed by atoms with Gasteiger partial charge in [-0.15, -0.1) is 0 Å². The van der Waals surface area contributed by atoms with Crippen molar-refractivity contribution in [3.8, 4) is 12.1 Å². The van der Waals surface area contributed by atoms with Crippen LogP contribution in [0.4, 0.5) is 11.5 Å². The van der Waals surface area contributed by atoms with E-state index in [1.165, 1.54) is 0 Å². The van der Waals surface area contributed by atoms with Crippen LogP contribution in [-0.2, 0) is 7.05 Å². The lowest BCUT2D eigenvalue weighted by molar-refractivity contribution is 0.783. The highest BCUT2D eigenvalue weighted by molar-refractivity contribution is 5.60. The zero-order chi connectivity index (χ0) is 13.0. The fraction of sp³-hybridized carbons (Fsp3) is 0.364. The van der Waals surface area contributed by atoms with Crippen molar-refractivity contribution in [3.63, 3.8) is 0 Å². The van der Waals surface area contributed by atoms with E-state index < -0.39 is 6.04 Å². The lowest BCUT2D eigenvalue weighted by Gasteiger charge is -2.11. The molecule has 0 saturated heterocycles. The van der Waals surface area contributed by atoms with Crippen molar-refractivity contribution in [2.45, 2.75) is 13.0 Å². The number of nitrogen functional groups attached to an aromatic ring is 1. The van der Waals surface area contributed by atoms with Crippen LogP contribution >= 0.6 is 0 Å². The molecular weight excluding hydrogens is 216 g/mol. The fourth-order valence-corrected chi connectivity index (χ4v) is 1.40. The summed E-state index contributed by atoms with van der Waals surface area (Å²) in [6.07, 6.45) is 0. The number of rotatable bonds is 2. The quantitative estimate of drug-likeness (QED) is 0.764. The van der Waals surface area contributed by atoms with Crippen molar-refractivity contribution in [3.05, 3.63) is 17.1 Å². The van der Waals surface area contributed by atoms with Crippen LogP contribution in [0.1, 0.15) is 12.5 Å². The fourth-order valence-electron chi connectivity index (χ4n) is 1.40. The highest BCUT2D eigenvalue weighted by Crippen LogP contribution is 2.13. The molecule has 1 atom stereocenters. The first-order valence-corrected chi connectivity index (χ1v) is 5.06. The maximum absolute atomic E-state index is 9.14. The van der Waals surface area contributed by atoms with Crippen molar-refractivity contribution < 1.29 is 0 Å². The predicted molar refractivity (Wildman–Crippen MR) is 64.7 cm³/mol. The molecule has 17 heavy (non-hydrogen) atoms. The zero-order valence-electron chi connectivity index (χ0n) is 10.0. The van der Waals surface area contributed by atoms with Gasteiger partial charge < -0.3 is 15.6 Å². The Morgan fingerprint density at radius 3 is 2.65 bits per heavy atom. The Morgan fingerprint density at radius 1 is 1.53 bits per heavy atom. The van der Waals surface area contributed by atoms with Crippen LogP contribution in [-0.4, -0.2) is 17.7 Å². The Kier molecular flexibility index (Phi) is 3.74. The monoisotopic (exact) mass is 230 g/mol. The van der Waals surface area contributed by atoms with Gasteiger partial charge >= 0.3 is 0 Å². The first-order valence-electron chi connectivity index (χ1n) is 5.06. The van der Waals surface area contributed by atoms with Crippen LogP contribution in [0.25, 0.3) is 0 Å². The first kappa shape index (κ1) is 12.6. The van der Waals surface area contributed by atoms with E-state index in [0.29, 0.717) is 22.6 Å². The van der Waals surface area contributed by atoms with E-state index in [2.05, 4.69) is 16.4 Å². The molecule has 0 bridgehead atoms. The van der Waals surface area contributed by atoms with Crippen molar-refractivity contribution in [2.24, 2.45) is 12.0 Å². The molecule has 0 aromatic carbocycles. The molecule has 0 aliphatic carbocycles. The summed E-state index contributed by atoms with van der Waals surface area (Å²) in [6.45, 7) is 1.66. The minimum atomic E-state index is -0.528. The van der Waals surface area contributed by atoms with Crippen molar-refractivity contribution in [1.82, 2.24) is 4.57 Å². The van der Waals surface area contributed by atoms with Gasteiger partial charge in [0.15, 0.2) is 5.49 Å². The van der Waals surface area contributed by atoms with Crippen molar-refractivity contribution >= 4 is 11.5 Å². The number of nitriles is 2. The smallest absolute Gasteiger partial charge is 0.150 e. The largest absolute Gasteiger partial charge is 0.387 e. The molecule has 0 aliphatic rings. The van der Waals surface area contributed by atoms with Crippen LogP contribution in [0.3, 0.4) is 0 Å². The summed E-state index contributed by atoms with van der Waals surface area (Å²) >= 11 is 0. The molecule has 0 amide bonds. The molecule has 6 nitrogen and oxygen atoms in total. The van der Waals surface area contributed by atoms with Crippen LogP contribution < -0.4 is 16.5 Å². The summed E-state index contributed by atoms with van der Waals surface area (Å²) in [6, 6.07) is 5.20. The van der Waals surface area contributed by atoms with E-state index in [-0.39, 0.29) is 0 Å². The Morgan fingerprint density at radius 2 is 2.18 bits per heavy atom. The lowest BCUT2D eigenvalue weighted by Crippen LogP contribution is -2.26. The third-order valence-electron chi connectivity index (χ3n) is 2.37. The predicted octanol–water partition coefficient (Wildman–Crippen LogP) is 0.333. The van der Waals surface area contributed by atoms with Crippen molar-refractivity contribution in [2.75, 3.05) is 18.1 Å². The highest BCUT2D eigenvalue weighted by atomic mass is 15.1. The van der Waals surface area contributed by atoms with E-state index in [9.17, 15) is 0 Å². The molecule has 0 aliphatic heterocycles. The standard InChI is InChI=1S/C11H14N6/c1-7(5-12)16-11-8(6-13)9(15-2)4-10(14)17(11)3/h4,7,15H,14H2,1-3H3/b16-11+. The summed E-state index contributed by atoms with van der Waals surface area (Å²) < 4.78 is 1.59. The maximum Gasteiger partial charge on any atom is 0.150 e. The van der Waals surface area contributed by atoms with E-state index in [0.717, 1.165) is 0 Å². The summed E-state index contributed by atoms with van der Waals surface area (Å²) in [5.41, 5.74) is 7.20. The summed E-state index contributed by atoms with van der Waals surface area (Å²) in [4.78, 5) is 4.18. The Balaban J connectivity index is 3.69. The van der Waals surface area contributed by atoms with Crippen LogP contribution in [0.5, 0.6) is 0 Å². The molecular formula is C11H14N6. The molecule has 6 heteroatoms. The molecule has 1 aromatic rings. The number of hydrogen-bond acceptors (Lipinski definition) is 5. The van der Waals surface area contributed by atoms with Gasteiger partial charge in [-0.2, -0.15) is 10.5 Å². The number of nitrogens with zero attached hydrogens (tertiary/aromatic N) is 4. The molecule has 1 rings (SSSR count). The van der Waals surface area contributed by atoms with E-state index >= 15 is 0 Å². The molecule has 88 valence electrons. The average molecular weight is 230 g/mol. The minimum absolute atomic E-state index is 0.381. The molecule has 0 saturated carbocycles. The van der Waals surface area contributed by atoms with E-state index in [4.69, 9.17) is 16.3 Å². The SMILES string of the molecule is CNc1cc(N)n(C)/c(=N/C(C)C#N)c1C#N. The summed E-state index contributed by atoms with van der Waals surface area (Å²) in [7, 11) is 3.41. The third kappa shape index (κ3) is 2.37. The van der Waals surface area contributed by atoms with Crippen LogP contribution in [0.2, 0.25) is 0 Å². The normalized spacial score (nSPS) is 12.6. The van der Waals surface area contributed by atoms with Gasteiger partial charge in [-0.1, -0.05) is 0 Å². The molecule has 0 radical (unpaired) electrons. The number of pyridine rings is 1. The van der Waals surface area contributed by atoms with Gasteiger partial charge in [0.05, 0.1) is 11.8 Å². The van der Waals surface area contributed by atoms with Gasteiger partial charge in [0.25, 0.3) is 0 Å². The van der Waals surface area contributed by atoms with Gasteiger partial charge in [0.1, 0.15) is 23.5 Å².